The van der Waals surface area contributed by atoms with Crippen molar-refractivity contribution < 1.29 is 9.47 Å². The number of para-hydroxylation sites is 1. The van der Waals surface area contributed by atoms with Crippen LogP contribution in [-0.2, 0) is 6.61 Å². The summed E-state index contributed by atoms with van der Waals surface area (Å²) in [5.74, 6) is 2.17. The SMILES string of the molecule is COc1cccc(C2CC(CN)CN2C)c1OCc1ccccc1. The van der Waals surface area contributed by atoms with Gasteiger partial charge in [0.15, 0.2) is 11.5 Å². The summed E-state index contributed by atoms with van der Waals surface area (Å²) in [7, 11) is 3.84. The Morgan fingerprint density at radius 2 is 1.92 bits per heavy atom. The average Bonchev–Trinajstić information content (AvgIpc) is 3.01. The number of hydrogen-bond donors (Lipinski definition) is 1. The lowest BCUT2D eigenvalue weighted by molar-refractivity contribution is 0.262. The molecule has 2 aromatic carbocycles. The predicted molar refractivity (Wildman–Crippen MR) is 96.3 cm³/mol. The molecule has 0 aromatic heterocycles. The summed E-state index contributed by atoms with van der Waals surface area (Å²) < 4.78 is 11.7. The maximum Gasteiger partial charge on any atom is 0.166 e. The van der Waals surface area contributed by atoms with E-state index in [1.54, 1.807) is 7.11 Å². The second-order valence-corrected chi connectivity index (χ2v) is 6.45. The van der Waals surface area contributed by atoms with E-state index in [-0.39, 0.29) is 0 Å². The van der Waals surface area contributed by atoms with Crippen LogP contribution in [-0.4, -0.2) is 32.1 Å². The summed E-state index contributed by atoms with van der Waals surface area (Å²) in [6.07, 6.45) is 1.06. The van der Waals surface area contributed by atoms with Gasteiger partial charge < -0.3 is 15.2 Å². The number of rotatable bonds is 6. The Labute approximate surface area is 144 Å². The minimum atomic E-state index is 0.319. The topological polar surface area (TPSA) is 47.7 Å². The molecule has 1 aliphatic heterocycles. The Hall–Kier alpha value is -2.04. The van der Waals surface area contributed by atoms with Gasteiger partial charge in [-0.1, -0.05) is 42.5 Å². The van der Waals surface area contributed by atoms with E-state index in [4.69, 9.17) is 15.2 Å². The molecule has 1 aliphatic rings. The van der Waals surface area contributed by atoms with E-state index in [0.29, 0.717) is 18.6 Å². The fourth-order valence-corrected chi connectivity index (χ4v) is 3.48. The summed E-state index contributed by atoms with van der Waals surface area (Å²) >= 11 is 0. The molecule has 1 saturated heterocycles. The van der Waals surface area contributed by atoms with Gasteiger partial charge in [0.2, 0.25) is 0 Å². The zero-order valence-electron chi connectivity index (χ0n) is 14.4. The smallest absolute Gasteiger partial charge is 0.166 e. The van der Waals surface area contributed by atoms with Crippen LogP contribution in [0, 0.1) is 5.92 Å². The summed E-state index contributed by atoms with van der Waals surface area (Å²) in [6, 6.07) is 16.7. The highest BCUT2D eigenvalue weighted by molar-refractivity contribution is 5.48. The number of methoxy groups -OCH3 is 1. The van der Waals surface area contributed by atoms with Crippen molar-refractivity contribution in [2.24, 2.45) is 11.7 Å². The number of nitrogens with two attached hydrogens (primary N) is 1. The van der Waals surface area contributed by atoms with Gasteiger partial charge >= 0.3 is 0 Å². The van der Waals surface area contributed by atoms with Gasteiger partial charge in [0, 0.05) is 18.2 Å². The molecule has 3 rings (SSSR count). The minimum Gasteiger partial charge on any atom is -0.493 e. The Kier molecular flexibility index (Phi) is 5.38. The normalized spacial score (nSPS) is 21.0. The van der Waals surface area contributed by atoms with E-state index in [1.165, 1.54) is 5.56 Å². The summed E-state index contributed by atoms with van der Waals surface area (Å²) in [4.78, 5) is 2.36. The number of hydrogen-bond acceptors (Lipinski definition) is 4. The van der Waals surface area contributed by atoms with Gasteiger partial charge in [0.05, 0.1) is 7.11 Å². The molecule has 0 bridgehead atoms. The van der Waals surface area contributed by atoms with Crippen molar-refractivity contribution in [2.45, 2.75) is 19.1 Å². The largest absolute Gasteiger partial charge is 0.493 e. The van der Waals surface area contributed by atoms with Gasteiger partial charge in [-0.3, -0.25) is 4.90 Å². The van der Waals surface area contributed by atoms with Crippen LogP contribution >= 0.6 is 0 Å². The van der Waals surface area contributed by atoms with Crippen molar-refractivity contribution in [1.29, 1.82) is 0 Å². The molecule has 24 heavy (non-hydrogen) atoms. The molecule has 4 heteroatoms. The molecule has 4 nitrogen and oxygen atoms in total. The standard InChI is InChI=1S/C20H26N2O2/c1-22-13-16(12-21)11-18(22)17-9-6-10-19(23-2)20(17)24-14-15-7-4-3-5-8-15/h3-10,16,18H,11-14,21H2,1-2H3. The molecule has 0 spiro atoms. The third-order valence-corrected chi connectivity index (χ3v) is 4.78. The first-order chi connectivity index (χ1) is 11.7. The molecule has 0 saturated carbocycles. The Balaban J connectivity index is 1.86. The predicted octanol–water partition coefficient (Wildman–Crippen LogP) is 3.23. The molecule has 2 atom stereocenters. The van der Waals surface area contributed by atoms with Crippen molar-refractivity contribution in [2.75, 3.05) is 27.2 Å². The molecule has 2 N–H and O–H groups in total. The quantitative estimate of drug-likeness (QED) is 0.885. The summed E-state index contributed by atoms with van der Waals surface area (Å²) in [5, 5.41) is 0. The number of nitrogens with zero attached hydrogens (tertiary/aromatic N) is 1. The van der Waals surface area contributed by atoms with Gasteiger partial charge in [-0.2, -0.15) is 0 Å². The summed E-state index contributed by atoms with van der Waals surface area (Å²) in [5.41, 5.74) is 8.21. The highest BCUT2D eigenvalue weighted by Gasteiger charge is 2.32. The van der Waals surface area contributed by atoms with E-state index in [1.807, 2.05) is 30.3 Å². The first-order valence-corrected chi connectivity index (χ1v) is 8.46. The van der Waals surface area contributed by atoms with Crippen LogP contribution in [0.2, 0.25) is 0 Å². The van der Waals surface area contributed by atoms with Gasteiger partial charge in [0.1, 0.15) is 6.61 Å². The van der Waals surface area contributed by atoms with Crippen molar-refractivity contribution in [1.82, 2.24) is 4.90 Å². The highest BCUT2D eigenvalue weighted by Crippen LogP contribution is 2.42. The van der Waals surface area contributed by atoms with Crippen LogP contribution in [0.4, 0.5) is 0 Å². The van der Waals surface area contributed by atoms with Crippen LogP contribution < -0.4 is 15.2 Å². The monoisotopic (exact) mass is 326 g/mol. The maximum atomic E-state index is 6.19. The zero-order chi connectivity index (χ0) is 16.9. The first kappa shape index (κ1) is 16.8. The molecule has 0 aliphatic carbocycles. The number of benzene rings is 2. The van der Waals surface area contributed by atoms with Gasteiger partial charge in [-0.05, 0) is 37.6 Å². The molecule has 1 fully saturated rings. The average molecular weight is 326 g/mol. The molecule has 128 valence electrons. The van der Waals surface area contributed by atoms with Crippen LogP contribution in [0.15, 0.2) is 48.5 Å². The third-order valence-electron chi connectivity index (χ3n) is 4.78. The van der Waals surface area contributed by atoms with E-state index in [9.17, 15) is 0 Å². The third kappa shape index (κ3) is 3.55. The Morgan fingerprint density at radius 3 is 2.58 bits per heavy atom. The Bertz CT molecular complexity index is 660. The minimum absolute atomic E-state index is 0.319. The van der Waals surface area contributed by atoms with E-state index >= 15 is 0 Å². The van der Waals surface area contributed by atoms with Gasteiger partial charge in [0.25, 0.3) is 0 Å². The fraction of sp³-hybridized carbons (Fsp3) is 0.400. The maximum absolute atomic E-state index is 6.19. The molecule has 0 amide bonds. The molecular weight excluding hydrogens is 300 g/mol. The molecule has 2 aromatic rings. The first-order valence-electron chi connectivity index (χ1n) is 8.46. The lowest BCUT2D eigenvalue weighted by Gasteiger charge is -2.23. The Morgan fingerprint density at radius 1 is 1.12 bits per heavy atom. The van der Waals surface area contributed by atoms with E-state index in [0.717, 1.165) is 36.6 Å². The lowest BCUT2D eigenvalue weighted by Crippen LogP contribution is -2.21. The number of ether oxygens (including phenoxy) is 2. The van der Waals surface area contributed by atoms with Gasteiger partial charge in [-0.15, -0.1) is 0 Å². The van der Waals surface area contributed by atoms with Crippen LogP contribution in [0.1, 0.15) is 23.6 Å². The van der Waals surface area contributed by atoms with Gasteiger partial charge in [-0.25, -0.2) is 0 Å². The second kappa shape index (κ2) is 7.69. The van der Waals surface area contributed by atoms with Crippen LogP contribution in [0.3, 0.4) is 0 Å². The van der Waals surface area contributed by atoms with Crippen molar-refractivity contribution in [3.63, 3.8) is 0 Å². The molecule has 0 radical (unpaired) electrons. The molecule has 1 heterocycles. The van der Waals surface area contributed by atoms with Crippen LogP contribution in [0.5, 0.6) is 11.5 Å². The highest BCUT2D eigenvalue weighted by atomic mass is 16.5. The summed E-state index contributed by atoms with van der Waals surface area (Å²) in [6.45, 7) is 2.28. The van der Waals surface area contributed by atoms with Crippen molar-refractivity contribution in [3.05, 3.63) is 59.7 Å². The van der Waals surface area contributed by atoms with E-state index < -0.39 is 0 Å². The molecular formula is C20H26N2O2. The number of likely N-dealkylation sites (tertiary alicyclic amines) is 1. The van der Waals surface area contributed by atoms with Crippen LogP contribution in [0.25, 0.3) is 0 Å². The van der Waals surface area contributed by atoms with Crippen molar-refractivity contribution >= 4 is 0 Å². The lowest BCUT2D eigenvalue weighted by atomic mass is 9.98. The zero-order valence-corrected chi connectivity index (χ0v) is 14.4. The van der Waals surface area contributed by atoms with E-state index in [2.05, 4.69) is 30.1 Å². The van der Waals surface area contributed by atoms with Crippen molar-refractivity contribution in [3.8, 4) is 11.5 Å². The fourth-order valence-electron chi connectivity index (χ4n) is 3.48. The second-order valence-electron chi connectivity index (χ2n) is 6.45. The molecule has 2 unspecified atom stereocenters.